The zero-order valence-corrected chi connectivity index (χ0v) is 37.0. The van der Waals surface area contributed by atoms with E-state index in [4.69, 9.17) is 24.9 Å². The monoisotopic (exact) mass is 878 g/mol. The van der Waals surface area contributed by atoms with Gasteiger partial charge in [0.1, 0.15) is 28.3 Å². The second-order valence-corrected chi connectivity index (χ2v) is 19.6. The zero-order chi connectivity index (χ0) is 44.7. The van der Waals surface area contributed by atoms with Crippen molar-refractivity contribution in [2.75, 3.05) is 25.0 Å². The lowest BCUT2D eigenvalue weighted by Crippen LogP contribution is -2.68. The highest BCUT2D eigenvalue weighted by molar-refractivity contribution is 8.02. The molecule has 3 aliphatic rings. The molecule has 3 aromatic rings. The molecule has 4 N–H and O–H groups in total. The minimum atomic E-state index is -1.75. The van der Waals surface area contributed by atoms with Crippen LogP contribution in [0, 0.1) is 6.92 Å². The van der Waals surface area contributed by atoms with Crippen LogP contribution < -0.4 is 16.5 Å². The number of oxime groups is 1. The highest BCUT2D eigenvalue weighted by Crippen LogP contribution is 2.51. The third-order valence-electron chi connectivity index (χ3n) is 9.45. The molecule has 0 aliphatic carbocycles. The van der Waals surface area contributed by atoms with Gasteiger partial charge in [0.25, 0.3) is 5.91 Å². The number of nitrogens with zero attached hydrogens (tertiary/aromatic N) is 5. The molecule has 2 aromatic carbocycles. The van der Waals surface area contributed by atoms with Gasteiger partial charge in [-0.05, 0) is 73.4 Å². The summed E-state index contributed by atoms with van der Waals surface area (Å²) in [6.07, 6.45) is -1.65. The molecule has 0 unspecified atom stereocenters. The average molecular weight is 879 g/mol. The summed E-state index contributed by atoms with van der Waals surface area (Å²) in [6, 6.07) is 16.4. The number of hydrogen-bond donors (Lipinski definition) is 3. The van der Waals surface area contributed by atoms with Gasteiger partial charge < -0.3 is 29.3 Å². The van der Waals surface area contributed by atoms with Crippen molar-refractivity contribution in [3.8, 4) is 0 Å². The van der Waals surface area contributed by atoms with Crippen molar-refractivity contribution >= 4 is 69.8 Å². The van der Waals surface area contributed by atoms with Crippen LogP contribution in [0.3, 0.4) is 0 Å². The summed E-state index contributed by atoms with van der Waals surface area (Å²) in [5, 5.41) is 9.58. The summed E-state index contributed by atoms with van der Waals surface area (Å²) in [4.78, 5) is 93.6. The average Bonchev–Trinajstić information content (AvgIpc) is 3.84. The fraction of sp³-hybridized carbons (Fsp3) is 0.463. The molecular weight excluding hydrogens is 829 g/mol. The van der Waals surface area contributed by atoms with Crippen LogP contribution in [0.2, 0.25) is 0 Å². The van der Waals surface area contributed by atoms with Gasteiger partial charge in [-0.1, -0.05) is 77.6 Å². The first-order valence-corrected chi connectivity index (χ1v) is 21.1. The predicted octanol–water partition coefficient (Wildman–Crippen LogP) is 4.68. The number of β-lactam (4-membered cyclic amide) rings is 1. The van der Waals surface area contributed by atoms with Gasteiger partial charge in [0, 0.05) is 11.4 Å². The number of aromatic nitrogens is 1. The molecule has 3 fully saturated rings. The molecule has 61 heavy (non-hydrogen) atoms. The molecule has 0 saturated carbocycles. The molecule has 5 amide bonds. The van der Waals surface area contributed by atoms with Crippen LogP contribution in [0.5, 0.6) is 0 Å². The molecule has 3 aliphatic heterocycles. The van der Waals surface area contributed by atoms with Crippen LogP contribution >= 0.6 is 23.1 Å². The van der Waals surface area contributed by atoms with Crippen LogP contribution in [0.25, 0.3) is 0 Å². The first-order chi connectivity index (χ1) is 28.5. The number of thioether (sulfide) groups is 1. The molecule has 3 atom stereocenters. The maximum Gasteiger partial charge on any atom is 0.413 e. The van der Waals surface area contributed by atoms with Gasteiger partial charge in [0.2, 0.25) is 16.4 Å². The molecule has 0 radical (unpaired) electrons. The Morgan fingerprint density at radius 3 is 2.03 bits per heavy atom. The predicted molar refractivity (Wildman–Crippen MR) is 226 cm³/mol. The topological polar surface area (TPSA) is 224 Å². The van der Waals surface area contributed by atoms with Gasteiger partial charge in [-0.3, -0.25) is 24.8 Å². The van der Waals surface area contributed by atoms with Crippen molar-refractivity contribution in [1.82, 2.24) is 25.1 Å². The van der Waals surface area contributed by atoms with Crippen molar-refractivity contribution in [3.63, 3.8) is 0 Å². The first-order valence-electron chi connectivity index (χ1n) is 19.4. The molecular formula is C41H50N8O10S2. The number of nitrogens with two attached hydrogens (primary N) is 1. The van der Waals surface area contributed by atoms with Gasteiger partial charge in [-0.2, -0.15) is 0 Å². The van der Waals surface area contributed by atoms with Gasteiger partial charge in [-0.25, -0.2) is 30.0 Å². The molecule has 0 spiro atoms. The number of hydrogen-bond acceptors (Lipinski definition) is 15. The SMILES string of the molecule is Cc1sc(NC(=O)OC(C)(C)C)nc1/C(=N/OC(C)(C)C(=O)OC(C)(C)C)C(=O)N[C@@H]1C(=O)N2C[C@@](C(=O)OC(c3ccccc3)c3ccccc3)(N3CCN(N)C3=O)S[C@H]12. The van der Waals surface area contributed by atoms with E-state index >= 15 is 0 Å². The number of urea groups is 1. The van der Waals surface area contributed by atoms with Gasteiger partial charge in [0.15, 0.2) is 16.9 Å². The molecule has 1 aromatic heterocycles. The van der Waals surface area contributed by atoms with E-state index in [1.54, 1.807) is 48.5 Å². The standard InChI is InChI=1S/C41H50N8O10S2/c1-23-26(44-35(60-23)45-36(54)58-39(5,6)7)27(46-59-40(8,9)33(52)57-38(2,3)4)30(50)43-28-31(51)47-22-41(61-32(28)47,48-20-21-49(42)37(48)55)34(53)56-29(24-16-12-10-13-17-24)25-18-14-11-15-19-25/h10-19,28-29,32H,20-22,42H2,1-9H3,(H,43,50)(H,44,45,54)/b46-27-/t28-,32-,41-/m1/s1. The lowest BCUT2D eigenvalue weighted by atomic mass is 10.0. The van der Waals surface area contributed by atoms with Crippen molar-refractivity contribution < 1.29 is 47.8 Å². The lowest BCUT2D eigenvalue weighted by molar-refractivity contribution is -0.179. The highest BCUT2D eigenvalue weighted by Gasteiger charge is 2.67. The number of carbonyl (C=O) groups excluding carboxylic acids is 6. The van der Waals surface area contributed by atoms with Crippen molar-refractivity contribution in [2.24, 2.45) is 11.0 Å². The van der Waals surface area contributed by atoms with Gasteiger partial charge >= 0.3 is 24.1 Å². The fourth-order valence-electron chi connectivity index (χ4n) is 6.53. The summed E-state index contributed by atoms with van der Waals surface area (Å²) < 4.78 is 17.2. The van der Waals surface area contributed by atoms with Crippen LogP contribution in [0.15, 0.2) is 65.8 Å². The summed E-state index contributed by atoms with van der Waals surface area (Å²) in [5.74, 6) is 2.98. The van der Waals surface area contributed by atoms with Crippen molar-refractivity contribution in [1.29, 1.82) is 0 Å². The number of carbonyl (C=O) groups is 6. The van der Waals surface area contributed by atoms with Crippen LogP contribution in [-0.4, -0.2) is 114 Å². The summed E-state index contributed by atoms with van der Waals surface area (Å²) in [7, 11) is 0. The highest BCUT2D eigenvalue weighted by atomic mass is 32.2. The van der Waals surface area contributed by atoms with E-state index in [2.05, 4.69) is 20.8 Å². The number of anilines is 1. The number of fused-ring (bicyclic) bond motifs is 1. The van der Waals surface area contributed by atoms with E-state index in [0.29, 0.717) is 16.0 Å². The smallest absolute Gasteiger partial charge is 0.413 e. The van der Waals surface area contributed by atoms with Gasteiger partial charge in [-0.15, -0.1) is 11.3 Å². The quantitative estimate of drug-likeness (QED) is 0.0428. The second kappa shape index (κ2) is 17.0. The molecule has 4 heterocycles. The summed E-state index contributed by atoms with van der Waals surface area (Å²) >= 11 is 2.01. The minimum absolute atomic E-state index is 0.0206. The number of thiazole rings is 1. The van der Waals surface area contributed by atoms with E-state index in [0.717, 1.165) is 28.1 Å². The minimum Gasteiger partial charge on any atom is -0.457 e. The first kappa shape index (κ1) is 44.8. The molecule has 326 valence electrons. The Bertz CT molecular complexity index is 2180. The third kappa shape index (κ3) is 9.76. The van der Waals surface area contributed by atoms with E-state index in [-0.39, 0.29) is 30.5 Å². The number of ether oxygens (including phenoxy) is 3. The van der Waals surface area contributed by atoms with Crippen LogP contribution in [0.4, 0.5) is 14.7 Å². The molecule has 18 nitrogen and oxygen atoms in total. The van der Waals surface area contributed by atoms with Crippen molar-refractivity contribution in [2.45, 2.75) is 102 Å². The molecule has 0 bridgehead atoms. The number of benzene rings is 2. The Balaban J connectivity index is 1.30. The fourth-order valence-corrected chi connectivity index (χ4v) is 9.01. The maximum absolute atomic E-state index is 14.7. The number of nitrogens with one attached hydrogen (secondary N) is 2. The Hall–Kier alpha value is -5.73. The van der Waals surface area contributed by atoms with Gasteiger partial charge in [0.05, 0.1) is 13.1 Å². The third-order valence-corrected chi connectivity index (χ3v) is 12.0. The summed E-state index contributed by atoms with van der Waals surface area (Å²) in [6.45, 7) is 14.5. The molecule has 3 saturated heterocycles. The van der Waals surface area contributed by atoms with Crippen molar-refractivity contribution in [3.05, 3.63) is 82.4 Å². The van der Waals surface area contributed by atoms with E-state index in [1.807, 2.05) is 60.7 Å². The lowest BCUT2D eigenvalue weighted by Gasteiger charge is -2.41. The number of esters is 2. The normalized spacial score (nSPS) is 20.6. The van der Waals surface area contributed by atoms with Crippen LogP contribution in [0.1, 0.15) is 83.2 Å². The van der Waals surface area contributed by atoms with E-state index < -0.39 is 80.8 Å². The Morgan fingerprint density at radius 1 is 0.902 bits per heavy atom. The number of amides is 5. The Labute approximate surface area is 361 Å². The zero-order valence-electron chi connectivity index (χ0n) is 35.3. The number of rotatable bonds is 12. The number of aryl methyl sites for hydroxylation is 1. The molecule has 6 rings (SSSR count). The Morgan fingerprint density at radius 2 is 1.49 bits per heavy atom. The number of hydrazine groups is 1. The van der Waals surface area contributed by atoms with Crippen LogP contribution in [-0.2, 0) is 38.2 Å². The van der Waals surface area contributed by atoms with E-state index in [1.165, 1.54) is 23.6 Å². The largest absolute Gasteiger partial charge is 0.457 e. The Kier molecular flexibility index (Phi) is 12.5. The maximum atomic E-state index is 14.7. The second-order valence-electron chi connectivity index (χ2n) is 17.0. The van der Waals surface area contributed by atoms with E-state index in [9.17, 15) is 28.8 Å². The molecule has 20 heteroatoms. The summed E-state index contributed by atoms with van der Waals surface area (Å²) in [5.41, 5.74) is -2.44.